The zero-order chi connectivity index (χ0) is 11.7. The smallest absolute Gasteiger partial charge is 0.158 e. The summed E-state index contributed by atoms with van der Waals surface area (Å²) in [4.78, 5) is 4.59. The highest BCUT2D eigenvalue weighted by molar-refractivity contribution is 6.16. The average Bonchev–Trinajstić information content (AvgIpc) is 2.78. The van der Waals surface area contributed by atoms with E-state index < -0.39 is 0 Å². The molecule has 0 bridgehead atoms. The Morgan fingerprint density at radius 3 is 2.62 bits per heavy atom. The predicted octanol–water partition coefficient (Wildman–Crippen LogP) is 2.48. The number of hydrogen-bond donors (Lipinski definition) is 0. The average molecular weight is 241 g/mol. The van der Waals surface area contributed by atoms with Crippen molar-refractivity contribution in [3.63, 3.8) is 0 Å². The third kappa shape index (κ3) is 1.61. The van der Waals surface area contributed by atoms with Gasteiger partial charge in [0.15, 0.2) is 5.65 Å². The normalized spacial score (nSPS) is 11.5. The van der Waals surface area contributed by atoms with Crippen molar-refractivity contribution in [1.82, 2.24) is 19.3 Å². The summed E-state index contributed by atoms with van der Waals surface area (Å²) in [6.45, 7) is 5.13. The van der Waals surface area contributed by atoms with Gasteiger partial charge in [-0.2, -0.15) is 5.10 Å². The molecule has 0 aliphatic carbocycles. The summed E-state index contributed by atoms with van der Waals surface area (Å²) in [6, 6.07) is 0. The lowest BCUT2D eigenvalue weighted by atomic mass is 10.2. The summed E-state index contributed by atoms with van der Waals surface area (Å²) in [5.74, 6) is 1.39. The number of alkyl halides is 1. The van der Waals surface area contributed by atoms with Crippen LogP contribution in [-0.2, 0) is 25.9 Å². The Balaban J connectivity index is 2.66. The third-order valence-corrected chi connectivity index (χ3v) is 3.03. The predicted molar refractivity (Wildman–Crippen MR) is 65.7 cm³/mol. The van der Waals surface area contributed by atoms with Gasteiger partial charge in [0, 0.05) is 13.6 Å². The van der Waals surface area contributed by atoms with Crippen LogP contribution < -0.4 is 0 Å². The van der Waals surface area contributed by atoms with E-state index in [2.05, 4.69) is 28.5 Å². The van der Waals surface area contributed by atoms with E-state index in [1.165, 1.54) is 0 Å². The Morgan fingerprint density at radius 1 is 1.31 bits per heavy atom. The first-order valence-corrected chi connectivity index (χ1v) is 6.23. The number of nitrogens with zero attached hydrogens (tertiary/aromatic N) is 4. The van der Waals surface area contributed by atoms with E-state index in [0.717, 1.165) is 42.1 Å². The second kappa shape index (κ2) is 4.45. The standard InChI is InChI=1S/C11H17ClN4/c1-4-6-8-10-11(15(3)14-8)16(5-2)9(7-12)13-10/h4-7H2,1-3H3. The van der Waals surface area contributed by atoms with Gasteiger partial charge in [-0.15, -0.1) is 11.6 Å². The van der Waals surface area contributed by atoms with Gasteiger partial charge in [0.25, 0.3) is 0 Å². The number of rotatable bonds is 4. The molecule has 0 unspecified atom stereocenters. The molecule has 0 spiro atoms. The maximum absolute atomic E-state index is 5.91. The second-order valence-electron chi connectivity index (χ2n) is 3.90. The summed E-state index contributed by atoms with van der Waals surface area (Å²) >= 11 is 5.91. The molecule has 0 N–H and O–H groups in total. The molecule has 0 aliphatic rings. The molecule has 2 rings (SSSR count). The highest BCUT2D eigenvalue weighted by Gasteiger charge is 2.17. The molecule has 0 saturated heterocycles. The van der Waals surface area contributed by atoms with Crippen LogP contribution in [0.4, 0.5) is 0 Å². The van der Waals surface area contributed by atoms with E-state index in [0.29, 0.717) is 5.88 Å². The Kier molecular flexibility index (Phi) is 3.19. The molecule has 0 atom stereocenters. The Labute approximate surface area is 100 Å². The molecule has 2 heterocycles. The van der Waals surface area contributed by atoms with Gasteiger partial charge in [0.2, 0.25) is 0 Å². The second-order valence-corrected chi connectivity index (χ2v) is 4.17. The molecule has 88 valence electrons. The number of halogens is 1. The quantitative estimate of drug-likeness (QED) is 0.770. The highest BCUT2D eigenvalue weighted by Crippen LogP contribution is 2.21. The number of aromatic nitrogens is 4. The van der Waals surface area contributed by atoms with Gasteiger partial charge in [-0.3, -0.25) is 4.68 Å². The molecular formula is C11H17ClN4. The first kappa shape index (κ1) is 11.5. The Morgan fingerprint density at radius 2 is 2.06 bits per heavy atom. The van der Waals surface area contributed by atoms with Crippen molar-refractivity contribution < 1.29 is 0 Å². The van der Waals surface area contributed by atoms with Gasteiger partial charge >= 0.3 is 0 Å². The molecule has 0 saturated carbocycles. The Bertz CT molecular complexity index is 498. The van der Waals surface area contributed by atoms with E-state index in [4.69, 9.17) is 11.6 Å². The highest BCUT2D eigenvalue weighted by atomic mass is 35.5. The largest absolute Gasteiger partial charge is 0.312 e. The molecule has 0 aliphatic heterocycles. The van der Waals surface area contributed by atoms with Gasteiger partial charge in [-0.05, 0) is 13.3 Å². The van der Waals surface area contributed by atoms with Crippen LogP contribution in [0.3, 0.4) is 0 Å². The van der Waals surface area contributed by atoms with Crippen molar-refractivity contribution in [2.45, 2.75) is 39.1 Å². The summed E-state index contributed by atoms with van der Waals surface area (Å²) in [5, 5.41) is 4.51. The van der Waals surface area contributed by atoms with Gasteiger partial charge in [0.05, 0.1) is 11.6 Å². The molecule has 0 radical (unpaired) electrons. The van der Waals surface area contributed by atoms with Gasteiger partial charge in [0.1, 0.15) is 11.3 Å². The molecule has 5 heteroatoms. The first-order chi connectivity index (χ1) is 7.72. The van der Waals surface area contributed by atoms with Crippen molar-refractivity contribution >= 4 is 22.8 Å². The maximum Gasteiger partial charge on any atom is 0.158 e. The lowest BCUT2D eigenvalue weighted by Crippen LogP contribution is -2.04. The summed E-state index contributed by atoms with van der Waals surface area (Å²) in [7, 11) is 1.97. The Hall–Kier alpha value is -1.03. The topological polar surface area (TPSA) is 35.6 Å². The molecule has 2 aromatic heterocycles. The van der Waals surface area contributed by atoms with Gasteiger partial charge < -0.3 is 4.57 Å². The van der Waals surface area contributed by atoms with Crippen LogP contribution in [0.15, 0.2) is 0 Å². The third-order valence-electron chi connectivity index (χ3n) is 2.79. The van der Waals surface area contributed by atoms with E-state index >= 15 is 0 Å². The van der Waals surface area contributed by atoms with Gasteiger partial charge in [-0.25, -0.2) is 4.98 Å². The van der Waals surface area contributed by atoms with Crippen LogP contribution in [-0.4, -0.2) is 19.3 Å². The molecule has 4 nitrogen and oxygen atoms in total. The summed E-state index contributed by atoms with van der Waals surface area (Å²) in [6.07, 6.45) is 2.06. The minimum Gasteiger partial charge on any atom is -0.312 e. The lowest BCUT2D eigenvalue weighted by Gasteiger charge is -2.03. The number of fused-ring (bicyclic) bond motifs is 1. The molecule has 0 fully saturated rings. The van der Waals surface area contributed by atoms with Gasteiger partial charge in [-0.1, -0.05) is 13.3 Å². The first-order valence-electron chi connectivity index (χ1n) is 5.69. The van der Waals surface area contributed by atoms with E-state index in [1.54, 1.807) is 0 Å². The van der Waals surface area contributed by atoms with E-state index in [-0.39, 0.29) is 0 Å². The van der Waals surface area contributed by atoms with Crippen molar-refractivity contribution in [2.75, 3.05) is 0 Å². The molecule has 0 aromatic carbocycles. The van der Waals surface area contributed by atoms with Crippen molar-refractivity contribution in [1.29, 1.82) is 0 Å². The van der Waals surface area contributed by atoms with E-state index in [1.807, 2.05) is 11.7 Å². The van der Waals surface area contributed by atoms with Crippen LogP contribution in [0.25, 0.3) is 11.2 Å². The molecule has 2 aromatic rings. The fourth-order valence-corrected chi connectivity index (χ4v) is 2.33. The minimum absolute atomic E-state index is 0.452. The SMILES string of the molecule is CCCc1nn(C)c2c1nc(CCl)n2CC. The zero-order valence-electron chi connectivity index (χ0n) is 10.00. The maximum atomic E-state index is 5.91. The van der Waals surface area contributed by atoms with E-state index in [9.17, 15) is 0 Å². The van der Waals surface area contributed by atoms with Crippen LogP contribution in [0, 0.1) is 0 Å². The van der Waals surface area contributed by atoms with Crippen LogP contribution in [0.5, 0.6) is 0 Å². The fraction of sp³-hybridized carbons (Fsp3) is 0.636. The minimum atomic E-state index is 0.452. The number of aryl methyl sites for hydroxylation is 3. The molecule has 16 heavy (non-hydrogen) atoms. The van der Waals surface area contributed by atoms with Crippen molar-refractivity contribution in [3.05, 3.63) is 11.5 Å². The van der Waals surface area contributed by atoms with Crippen molar-refractivity contribution in [3.8, 4) is 0 Å². The monoisotopic (exact) mass is 240 g/mol. The summed E-state index contributed by atoms with van der Waals surface area (Å²) < 4.78 is 4.04. The zero-order valence-corrected chi connectivity index (χ0v) is 10.8. The van der Waals surface area contributed by atoms with Crippen LogP contribution in [0.2, 0.25) is 0 Å². The summed E-state index contributed by atoms with van der Waals surface area (Å²) in [5.41, 5.74) is 3.18. The fourth-order valence-electron chi connectivity index (χ4n) is 2.13. The number of hydrogen-bond acceptors (Lipinski definition) is 2. The molecular weight excluding hydrogens is 224 g/mol. The molecule has 0 amide bonds. The van der Waals surface area contributed by atoms with Crippen LogP contribution >= 0.6 is 11.6 Å². The lowest BCUT2D eigenvalue weighted by molar-refractivity contribution is 0.679. The van der Waals surface area contributed by atoms with Crippen molar-refractivity contribution in [2.24, 2.45) is 7.05 Å². The number of imidazole rings is 1. The van der Waals surface area contributed by atoms with Crippen LogP contribution in [0.1, 0.15) is 31.8 Å².